The molecule has 10 nitrogen and oxygen atoms in total. The minimum atomic E-state index is -4.70. The summed E-state index contributed by atoms with van der Waals surface area (Å²) in [7, 11) is 1.61. The zero-order valence-electron chi connectivity index (χ0n) is 23.9. The Morgan fingerprint density at radius 2 is 1.79 bits per heavy atom. The number of methoxy groups -OCH3 is 1. The first kappa shape index (κ1) is 31.9. The fourth-order valence-electron chi connectivity index (χ4n) is 3.96. The van der Waals surface area contributed by atoms with E-state index in [1.807, 2.05) is 16.8 Å². The topological polar surface area (TPSA) is 109 Å². The van der Waals surface area contributed by atoms with Gasteiger partial charge in [0, 0.05) is 37.3 Å². The molecule has 1 amide bonds. The first-order valence-electron chi connectivity index (χ1n) is 13.2. The van der Waals surface area contributed by atoms with Gasteiger partial charge in [-0.25, -0.2) is 14.8 Å². The van der Waals surface area contributed by atoms with Crippen molar-refractivity contribution in [1.29, 1.82) is 0 Å². The zero-order chi connectivity index (χ0) is 31.2. The van der Waals surface area contributed by atoms with Gasteiger partial charge in [0.2, 0.25) is 0 Å². The molecule has 0 radical (unpaired) electrons. The predicted molar refractivity (Wildman–Crippen MR) is 156 cm³/mol. The number of alkyl halides is 3. The zero-order valence-corrected chi connectivity index (χ0v) is 24.7. The molecule has 0 aliphatic carbocycles. The molecule has 2 N–H and O–H groups in total. The molecule has 2 aromatic heterocycles. The summed E-state index contributed by atoms with van der Waals surface area (Å²) in [4.78, 5) is 20.9. The maximum atomic E-state index is 13.6. The van der Waals surface area contributed by atoms with Crippen LogP contribution in [0.25, 0.3) is 11.0 Å². The van der Waals surface area contributed by atoms with Crippen LogP contribution >= 0.6 is 11.6 Å². The first-order chi connectivity index (χ1) is 20.3. The van der Waals surface area contributed by atoms with Crippen molar-refractivity contribution in [3.63, 3.8) is 0 Å². The standard InChI is InChI=1S/C29H31ClF3N5O5/c1-28(2,3)43-27(39)37-20-13-18(29(31,32)33)14-21(15-20)42-24-6-5-19(16-22(24)30)36-26-25-23(34-17-35-26)7-8-38(25)9-10-41-12-11-40-4/h5-8,13-17H,9-12H2,1-4H3,(H,37,39)(H,34,35,36). The average Bonchev–Trinajstić information content (AvgIpc) is 3.32. The second-order valence-corrected chi connectivity index (χ2v) is 10.7. The Balaban J connectivity index is 1.53. The summed E-state index contributed by atoms with van der Waals surface area (Å²) < 4.78 is 64.2. The van der Waals surface area contributed by atoms with E-state index in [9.17, 15) is 18.0 Å². The SMILES string of the molecule is COCCOCCn1ccc2ncnc(Nc3ccc(Oc4cc(NC(=O)OC(C)(C)C)cc(C(F)(F)F)c4)c(Cl)c3)c21. The summed E-state index contributed by atoms with van der Waals surface area (Å²) in [6.45, 7) is 6.92. The number of rotatable bonds is 11. The summed E-state index contributed by atoms with van der Waals surface area (Å²) in [5.41, 5.74) is 0.00794. The van der Waals surface area contributed by atoms with Crippen LogP contribution in [0.15, 0.2) is 55.0 Å². The van der Waals surface area contributed by atoms with Crippen molar-refractivity contribution in [2.75, 3.05) is 37.6 Å². The highest BCUT2D eigenvalue weighted by atomic mass is 35.5. The fraction of sp³-hybridized carbons (Fsp3) is 0.345. The van der Waals surface area contributed by atoms with Crippen molar-refractivity contribution in [2.24, 2.45) is 0 Å². The van der Waals surface area contributed by atoms with E-state index in [2.05, 4.69) is 20.6 Å². The molecule has 0 saturated heterocycles. The number of fused-ring (bicyclic) bond motifs is 1. The third kappa shape index (κ3) is 8.96. The molecule has 2 heterocycles. The number of hydrogen-bond acceptors (Lipinski definition) is 8. The molecule has 0 saturated carbocycles. The van der Waals surface area contributed by atoms with Crippen LogP contribution < -0.4 is 15.4 Å². The Labute approximate surface area is 251 Å². The fourth-order valence-corrected chi connectivity index (χ4v) is 4.18. The van der Waals surface area contributed by atoms with Gasteiger partial charge in [0.15, 0.2) is 5.82 Å². The van der Waals surface area contributed by atoms with Gasteiger partial charge >= 0.3 is 12.3 Å². The highest BCUT2D eigenvalue weighted by Crippen LogP contribution is 2.38. The number of amides is 1. The average molecular weight is 622 g/mol. The van der Waals surface area contributed by atoms with E-state index in [0.717, 1.165) is 23.2 Å². The second kappa shape index (κ2) is 13.5. The lowest BCUT2D eigenvalue weighted by molar-refractivity contribution is -0.137. The Kier molecular flexibility index (Phi) is 9.99. The van der Waals surface area contributed by atoms with E-state index < -0.39 is 23.4 Å². The van der Waals surface area contributed by atoms with Crippen molar-refractivity contribution in [2.45, 2.75) is 39.1 Å². The molecule has 0 aliphatic heterocycles. The summed E-state index contributed by atoms with van der Waals surface area (Å²) in [5, 5.41) is 5.65. The van der Waals surface area contributed by atoms with Crippen LogP contribution in [-0.4, -0.2) is 53.2 Å². The molecule has 0 atom stereocenters. The van der Waals surface area contributed by atoms with Crippen molar-refractivity contribution in [3.8, 4) is 11.5 Å². The smallest absolute Gasteiger partial charge is 0.416 e. The van der Waals surface area contributed by atoms with E-state index in [0.29, 0.717) is 37.9 Å². The molecule has 14 heteroatoms. The van der Waals surface area contributed by atoms with Crippen molar-refractivity contribution < 1.29 is 36.9 Å². The molecule has 0 aliphatic rings. The normalized spacial score (nSPS) is 11.9. The van der Waals surface area contributed by atoms with Crippen LogP contribution in [0.1, 0.15) is 26.3 Å². The number of carbonyl (C=O) groups is 1. The Morgan fingerprint density at radius 1 is 1.00 bits per heavy atom. The van der Waals surface area contributed by atoms with E-state index >= 15 is 0 Å². The highest BCUT2D eigenvalue weighted by Gasteiger charge is 2.32. The third-order valence-corrected chi connectivity index (χ3v) is 6.06. The van der Waals surface area contributed by atoms with Crippen LogP contribution in [0.2, 0.25) is 5.02 Å². The minimum absolute atomic E-state index is 0.0965. The summed E-state index contributed by atoms with van der Waals surface area (Å²) in [6.07, 6.45) is -2.29. The number of aromatic nitrogens is 3. The number of nitrogens with one attached hydrogen (secondary N) is 2. The molecule has 0 spiro atoms. The molecule has 0 bridgehead atoms. The van der Waals surface area contributed by atoms with Gasteiger partial charge in [-0.15, -0.1) is 0 Å². The van der Waals surface area contributed by atoms with Crippen LogP contribution in [0.5, 0.6) is 11.5 Å². The number of benzene rings is 2. The lowest BCUT2D eigenvalue weighted by Gasteiger charge is -2.20. The van der Waals surface area contributed by atoms with Gasteiger partial charge in [0.1, 0.15) is 28.9 Å². The number of hydrogen-bond donors (Lipinski definition) is 2. The van der Waals surface area contributed by atoms with Gasteiger partial charge in [-0.05, 0) is 57.2 Å². The molecule has 4 rings (SSSR count). The van der Waals surface area contributed by atoms with Crippen molar-refractivity contribution in [1.82, 2.24) is 14.5 Å². The number of ether oxygens (including phenoxy) is 4. The monoisotopic (exact) mass is 621 g/mol. The largest absolute Gasteiger partial charge is 0.456 e. The maximum absolute atomic E-state index is 13.6. The lowest BCUT2D eigenvalue weighted by Crippen LogP contribution is -2.27. The van der Waals surface area contributed by atoms with Crippen LogP contribution in [0, 0.1) is 0 Å². The maximum Gasteiger partial charge on any atom is 0.416 e. The van der Waals surface area contributed by atoms with Crippen LogP contribution in [-0.2, 0) is 26.9 Å². The molecule has 2 aromatic carbocycles. The molecule has 230 valence electrons. The van der Waals surface area contributed by atoms with Gasteiger partial charge in [-0.3, -0.25) is 5.32 Å². The quantitative estimate of drug-likeness (QED) is 0.164. The van der Waals surface area contributed by atoms with Crippen molar-refractivity contribution in [3.05, 3.63) is 65.6 Å². The molecule has 0 fully saturated rings. The number of anilines is 3. The summed E-state index contributed by atoms with van der Waals surface area (Å²) >= 11 is 6.47. The molecular weight excluding hydrogens is 591 g/mol. The molecule has 4 aromatic rings. The highest BCUT2D eigenvalue weighted by molar-refractivity contribution is 6.32. The van der Waals surface area contributed by atoms with Gasteiger partial charge in [0.05, 0.1) is 35.9 Å². The van der Waals surface area contributed by atoms with E-state index in [1.165, 1.54) is 18.5 Å². The lowest BCUT2D eigenvalue weighted by atomic mass is 10.1. The minimum Gasteiger partial charge on any atom is -0.456 e. The Bertz CT molecular complexity index is 1570. The summed E-state index contributed by atoms with van der Waals surface area (Å²) in [6, 6.07) is 9.41. The van der Waals surface area contributed by atoms with Crippen LogP contribution in [0.3, 0.4) is 0 Å². The number of halogens is 4. The molecule has 43 heavy (non-hydrogen) atoms. The van der Waals surface area contributed by atoms with Gasteiger partial charge in [-0.1, -0.05) is 11.6 Å². The first-order valence-corrected chi connectivity index (χ1v) is 13.5. The Morgan fingerprint density at radius 3 is 2.49 bits per heavy atom. The van der Waals surface area contributed by atoms with E-state index in [1.54, 1.807) is 40.0 Å². The van der Waals surface area contributed by atoms with Gasteiger partial charge in [0.25, 0.3) is 0 Å². The second-order valence-electron chi connectivity index (χ2n) is 10.3. The van der Waals surface area contributed by atoms with Crippen LogP contribution in [0.4, 0.5) is 35.2 Å². The number of carbonyl (C=O) groups excluding carboxylic acids is 1. The summed E-state index contributed by atoms with van der Waals surface area (Å²) in [5.74, 6) is 0.429. The predicted octanol–water partition coefficient (Wildman–Crippen LogP) is 7.65. The number of nitrogens with zero attached hydrogens (tertiary/aromatic N) is 3. The van der Waals surface area contributed by atoms with Gasteiger partial charge < -0.3 is 28.8 Å². The molecular formula is C29H31ClF3N5O5. The molecule has 0 unspecified atom stereocenters. The third-order valence-electron chi connectivity index (χ3n) is 5.76. The Hall–Kier alpha value is -4.07. The van der Waals surface area contributed by atoms with Gasteiger partial charge in [-0.2, -0.15) is 13.2 Å². The van der Waals surface area contributed by atoms with E-state index in [-0.39, 0.29) is 22.2 Å². The van der Waals surface area contributed by atoms with E-state index in [4.69, 9.17) is 30.5 Å². The van der Waals surface area contributed by atoms with Crippen molar-refractivity contribution >= 4 is 45.9 Å².